The molecule has 2 rings (SSSR count). The predicted octanol–water partition coefficient (Wildman–Crippen LogP) is 2.28. The van der Waals surface area contributed by atoms with Crippen molar-refractivity contribution in [3.8, 4) is 0 Å². The Hall–Kier alpha value is -1.42. The Balaban J connectivity index is 1.93. The Morgan fingerprint density at radius 1 is 1.50 bits per heavy atom. The molecule has 0 amide bonds. The molecule has 4 nitrogen and oxygen atoms in total. The van der Waals surface area contributed by atoms with E-state index in [0.717, 1.165) is 24.9 Å². The van der Waals surface area contributed by atoms with Crippen molar-refractivity contribution in [1.82, 2.24) is 5.32 Å². The molecule has 0 spiro atoms. The summed E-state index contributed by atoms with van der Waals surface area (Å²) in [4.78, 5) is 10.3. The highest BCUT2D eigenvalue weighted by Crippen LogP contribution is 2.17. The van der Waals surface area contributed by atoms with Crippen molar-refractivity contribution in [3.63, 3.8) is 0 Å². The van der Waals surface area contributed by atoms with Gasteiger partial charge in [-0.05, 0) is 37.8 Å². The lowest BCUT2D eigenvalue weighted by molar-refractivity contribution is -0.384. The molecule has 16 heavy (non-hydrogen) atoms. The van der Waals surface area contributed by atoms with E-state index in [0.29, 0.717) is 6.04 Å². The Morgan fingerprint density at radius 3 is 3.06 bits per heavy atom. The predicted molar refractivity (Wildman–Crippen MR) is 62.4 cm³/mol. The number of non-ortho nitro benzene ring substituents is 1. The summed E-state index contributed by atoms with van der Waals surface area (Å²) < 4.78 is 0. The molecular weight excluding hydrogens is 204 g/mol. The number of nitrogens with zero attached hydrogens (tertiary/aromatic N) is 1. The standard InChI is InChI=1S/C12H16N2O2/c15-14(16)12-5-1-3-10(9-12)6-7-11-4-2-8-13-11/h1,3,5,9,11,13H,2,4,6-8H2. The topological polar surface area (TPSA) is 55.2 Å². The van der Waals surface area contributed by atoms with Crippen molar-refractivity contribution >= 4 is 5.69 Å². The number of aryl methyl sites for hydroxylation is 1. The van der Waals surface area contributed by atoms with Gasteiger partial charge in [0, 0.05) is 18.2 Å². The number of nitrogens with one attached hydrogen (secondary N) is 1. The summed E-state index contributed by atoms with van der Waals surface area (Å²) in [6.45, 7) is 1.11. The Kier molecular flexibility index (Phi) is 3.51. The van der Waals surface area contributed by atoms with Crippen LogP contribution in [0.1, 0.15) is 24.8 Å². The fraction of sp³-hybridized carbons (Fsp3) is 0.500. The molecule has 1 aromatic rings. The smallest absolute Gasteiger partial charge is 0.269 e. The highest BCUT2D eigenvalue weighted by atomic mass is 16.6. The average Bonchev–Trinajstić information content (AvgIpc) is 2.79. The lowest BCUT2D eigenvalue weighted by Crippen LogP contribution is -2.21. The van der Waals surface area contributed by atoms with Gasteiger partial charge >= 0.3 is 0 Å². The molecule has 0 bridgehead atoms. The summed E-state index contributed by atoms with van der Waals surface area (Å²) in [5.74, 6) is 0. The first-order valence-electron chi connectivity index (χ1n) is 5.72. The van der Waals surface area contributed by atoms with E-state index >= 15 is 0 Å². The van der Waals surface area contributed by atoms with E-state index in [-0.39, 0.29) is 10.6 Å². The average molecular weight is 220 g/mol. The minimum Gasteiger partial charge on any atom is -0.314 e. The quantitative estimate of drug-likeness (QED) is 0.625. The van der Waals surface area contributed by atoms with Crippen LogP contribution in [0.25, 0.3) is 0 Å². The SMILES string of the molecule is O=[N+]([O-])c1cccc(CCC2CCCN2)c1. The Morgan fingerprint density at radius 2 is 2.38 bits per heavy atom. The van der Waals surface area contributed by atoms with Crippen LogP contribution in [0.15, 0.2) is 24.3 Å². The number of nitro benzene ring substituents is 1. The highest BCUT2D eigenvalue weighted by molar-refractivity contribution is 5.34. The number of benzene rings is 1. The van der Waals surface area contributed by atoms with Crippen LogP contribution in [0.4, 0.5) is 5.69 Å². The normalized spacial score (nSPS) is 19.9. The number of nitro groups is 1. The number of hydrogen-bond donors (Lipinski definition) is 1. The largest absolute Gasteiger partial charge is 0.314 e. The van der Waals surface area contributed by atoms with Gasteiger partial charge in [-0.1, -0.05) is 12.1 Å². The summed E-state index contributed by atoms with van der Waals surface area (Å²) >= 11 is 0. The molecule has 0 aliphatic carbocycles. The Labute approximate surface area is 94.8 Å². The van der Waals surface area contributed by atoms with Crippen LogP contribution in [0, 0.1) is 10.1 Å². The molecule has 1 atom stereocenters. The van der Waals surface area contributed by atoms with Gasteiger partial charge in [0.25, 0.3) is 5.69 Å². The maximum absolute atomic E-state index is 10.6. The van der Waals surface area contributed by atoms with Crippen LogP contribution in [0.2, 0.25) is 0 Å². The molecule has 1 fully saturated rings. The van der Waals surface area contributed by atoms with Crippen molar-refractivity contribution in [3.05, 3.63) is 39.9 Å². The maximum Gasteiger partial charge on any atom is 0.269 e. The second kappa shape index (κ2) is 5.07. The van der Waals surface area contributed by atoms with Gasteiger partial charge in [0.2, 0.25) is 0 Å². The van der Waals surface area contributed by atoms with Crippen LogP contribution in [0.3, 0.4) is 0 Å². The molecule has 86 valence electrons. The molecule has 1 N–H and O–H groups in total. The van der Waals surface area contributed by atoms with Crippen LogP contribution in [-0.4, -0.2) is 17.5 Å². The first-order valence-corrected chi connectivity index (χ1v) is 5.72. The highest BCUT2D eigenvalue weighted by Gasteiger charge is 2.14. The summed E-state index contributed by atoms with van der Waals surface area (Å²) in [7, 11) is 0. The van der Waals surface area contributed by atoms with E-state index in [1.54, 1.807) is 12.1 Å². The van der Waals surface area contributed by atoms with Crippen LogP contribution >= 0.6 is 0 Å². The second-order valence-corrected chi connectivity index (χ2v) is 4.26. The molecule has 4 heteroatoms. The molecule has 1 aliphatic rings. The molecule has 0 aromatic heterocycles. The van der Waals surface area contributed by atoms with E-state index in [1.165, 1.54) is 18.9 Å². The number of rotatable bonds is 4. The van der Waals surface area contributed by atoms with Gasteiger partial charge in [0.05, 0.1) is 4.92 Å². The summed E-state index contributed by atoms with van der Waals surface area (Å²) in [6, 6.07) is 7.53. The minimum absolute atomic E-state index is 0.192. The zero-order valence-electron chi connectivity index (χ0n) is 9.19. The third-order valence-corrected chi connectivity index (χ3v) is 3.07. The fourth-order valence-electron chi connectivity index (χ4n) is 2.17. The van der Waals surface area contributed by atoms with Gasteiger partial charge in [0.15, 0.2) is 0 Å². The van der Waals surface area contributed by atoms with Crippen molar-refractivity contribution in [2.75, 3.05) is 6.54 Å². The molecule has 1 aliphatic heterocycles. The van der Waals surface area contributed by atoms with Gasteiger partial charge in [-0.15, -0.1) is 0 Å². The molecular formula is C12H16N2O2. The fourth-order valence-corrected chi connectivity index (χ4v) is 2.17. The first-order chi connectivity index (χ1) is 7.75. The molecule has 1 saturated heterocycles. The van der Waals surface area contributed by atoms with Crippen molar-refractivity contribution in [2.24, 2.45) is 0 Å². The maximum atomic E-state index is 10.6. The summed E-state index contributed by atoms with van der Waals surface area (Å²) in [5.41, 5.74) is 1.25. The van der Waals surface area contributed by atoms with E-state index in [2.05, 4.69) is 5.32 Å². The van der Waals surface area contributed by atoms with E-state index in [9.17, 15) is 10.1 Å². The monoisotopic (exact) mass is 220 g/mol. The molecule has 1 heterocycles. The lowest BCUT2D eigenvalue weighted by Gasteiger charge is -2.09. The van der Waals surface area contributed by atoms with Gasteiger partial charge in [-0.25, -0.2) is 0 Å². The lowest BCUT2D eigenvalue weighted by atomic mass is 10.0. The first kappa shape index (κ1) is 11.1. The third-order valence-electron chi connectivity index (χ3n) is 3.07. The molecule has 1 unspecified atom stereocenters. The van der Waals surface area contributed by atoms with Crippen molar-refractivity contribution < 1.29 is 4.92 Å². The Bertz CT molecular complexity index is 373. The molecule has 1 aromatic carbocycles. The van der Waals surface area contributed by atoms with Crippen LogP contribution in [-0.2, 0) is 6.42 Å². The minimum atomic E-state index is -0.336. The van der Waals surface area contributed by atoms with Gasteiger partial charge in [-0.3, -0.25) is 10.1 Å². The molecule has 0 saturated carbocycles. The van der Waals surface area contributed by atoms with Crippen LogP contribution < -0.4 is 5.32 Å². The zero-order chi connectivity index (χ0) is 11.4. The van der Waals surface area contributed by atoms with E-state index < -0.39 is 0 Å². The third kappa shape index (κ3) is 2.79. The van der Waals surface area contributed by atoms with E-state index in [1.807, 2.05) is 6.07 Å². The van der Waals surface area contributed by atoms with Crippen LogP contribution in [0.5, 0.6) is 0 Å². The van der Waals surface area contributed by atoms with Gasteiger partial charge < -0.3 is 5.32 Å². The van der Waals surface area contributed by atoms with Gasteiger partial charge in [0.1, 0.15) is 0 Å². The van der Waals surface area contributed by atoms with Crippen molar-refractivity contribution in [2.45, 2.75) is 31.7 Å². The summed E-state index contributed by atoms with van der Waals surface area (Å²) in [6.07, 6.45) is 4.47. The number of hydrogen-bond acceptors (Lipinski definition) is 3. The second-order valence-electron chi connectivity index (χ2n) is 4.26. The summed E-state index contributed by atoms with van der Waals surface area (Å²) in [5, 5.41) is 14.0. The molecule has 0 radical (unpaired) electrons. The van der Waals surface area contributed by atoms with Crippen molar-refractivity contribution in [1.29, 1.82) is 0 Å². The van der Waals surface area contributed by atoms with E-state index in [4.69, 9.17) is 0 Å². The van der Waals surface area contributed by atoms with Gasteiger partial charge in [-0.2, -0.15) is 0 Å². The zero-order valence-corrected chi connectivity index (χ0v) is 9.19.